The van der Waals surface area contributed by atoms with Gasteiger partial charge in [0.05, 0.1) is 25.9 Å². The highest BCUT2D eigenvalue weighted by Gasteiger charge is 2.32. The van der Waals surface area contributed by atoms with Crippen LogP contribution >= 0.6 is 0 Å². The number of likely N-dealkylation sites (tertiary alicyclic amines) is 1. The Hall–Kier alpha value is -3.67. The number of ether oxygens (including phenoxy) is 2. The number of aliphatic hydroxyl groups excluding tert-OH is 1. The van der Waals surface area contributed by atoms with Crippen LogP contribution in [0.25, 0.3) is 11.0 Å². The summed E-state index contributed by atoms with van der Waals surface area (Å²) in [5.41, 5.74) is 8.32. The highest BCUT2D eigenvalue weighted by molar-refractivity contribution is 5.86. The number of nitrogen functional groups attached to an aromatic ring is 1. The molecule has 0 saturated carbocycles. The van der Waals surface area contributed by atoms with Gasteiger partial charge in [-0.25, -0.2) is 9.78 Å². The van der Waals surface area contributed by atoms with Crippen LogP contribution in [0.3, 0.4) is 0 Å². The van der Waals surface area contributed by atoms with Gasteiger partial charge >= 0.3 is 6.09 Å². The Morgan fingerprint density at radius 1 is 1.25 bits per heavy atom. The van der Waals surface area contributed by atoms with E-state index in [0.717, 1.165) is 37.7 Å². The molecule has 4 rings (SSSR count). The number of rotatable bonds is 10. The Labute approximate surface area is 235 Å². The van der Waals surface area contributed by atoms with Crippen molar-refractivity contribution in [2.24, 2.45) is 0 Å². The lowest BCUT2D eigenvalue weighted by atomic mass is 9.96. The molecule has 0 spiro atoms. The number of anilines is 2. The minimum atomic E-state index is -0.567. The molecule has 3 aromatic rings. The van der Waals surface area contributed by atoms with Crippen molar-refractivity contribution in [2.75, 3.05) is 31.3 Å². The number of nitrogens with one attached hydrogen (secondary N) is 1. The number of nitrogens with zero attached hydrogens (tertiary/aromatic N) is 6. The molecule has 2 unspecified atom stereocenters. The normalized spacial score (nSPS) is 16.6. The van der Waals surface area contributed by atoms with Gasteiger partial charge in [-0.05, 0) is 64.5 Å². The van der Waals surface area contributed by atoms with E-state index in [1.807, 2.05) is 33.0 Å². The Morgan fingerprint density at radius 3 is 2.75 bits per heavy atom. The molecule has 1 aliphatic rings. The third-order valence-electron chi connectivity index (χ3n) is 6.95. The van der Waals surface area contributed by atoms with Crippen LogP contribution in [0.2, 0.25) is 0 Å². The molecule has 0 aromatic carbocycles. The first kappa shape index (κ1) is 29.3. The third-order valence-corrected chi connectivity index (χ3v) is 6.95. The third kappa shape index (κ3) is 6.90. The maximum Gasteiger partial charge on any atom is 0.410 e. The van der Waals surface area contributed by atoms with Gasteiger partial charge in [0.1, 0.15) is 28.1 Å². The summed E-state index contributed by atoms with van der Waals surface area (Å²) in [6, 6.07) is 1.85. The summed E-state index contributed by atoms with van der Waals surface area (Å²) in [6.45, 7) is 8.74. The van der Waals surface area contributed by atoms with Crippen LogP contribution in [0.4, 0.5) is 16.6 Å². The van der Waals surface area contributed by atoms with Gasteiger partial charge in [0.25, 0.3) is 0 Å². The number of methoxy groups -OCH3 is 1. The lowest BCUT2D eigenvalue weighted by Crippen LogP contribution is -2.41. The maximum atomic E-state index is 13.0. The molecule has 2 atom stereocenters. The number of amides is 1. The second kappa shape index (κ2) is 12.7. The van der Waals surface area contributed by atoms with Crippen molar-refractivity contribution in [1.29, 1.82) is 0 Å². The van der Waals surface area contributed by atoms with Crippen molar-refractivity contribution in [3.8, 4) is 5.75 Å². The Morgan fingerprint density at radius 2 is 2.05 bits per heavy atom. The molecule has 12 nitrogen and oxygen atoms in total. The molecule has 218 valence electrons. The van der Waals surface area contributed by atoms with Gasteiger partial charge in [-0.1, -0.05) is 13.3 Å². The highest BCUT2D eigenvalue weighted by Crippen LogP contribution is 2.34. The SMILES string of the molecule is CCCC(CCO)Nc1nc(N)nc2cnn(Cc3ncc(C4CCCCN4C(=O)OC(C)(C)C)cc3OC)c12. The van der Waals surface area contributed by atoms with Crippen LogP contribution < -0.4 is 15.8 Å². The van der Waals surface area contributed by atoms with Crippen LogP contribution in [-0.4, -0.2) is 72.7 Å². The fourth-order valence-electron chi connectivity index (χ4n) is 5.15. The Kier molecular flexibility index (Phi) is 9.28. The first-order valence-corrected chi connectivity index (χ1v) is 14.0. The first-order valence-electron chi connectivity index (χ1n) is 14.0. The van der Waals surface area contributed by atoms with Crippen molar-refractivity contribution >= 4 is 28.9 Å². The number of nitrogens with two attached hydrogens (primary N) is 1. The number of aliphatic hydroxyl groups is 1. The lowest BCUT2D eigenvalue weighted by Gasteiger charge is -2.37. The van der Waals surface area contributed by atoms with Gasteiger partial charge in [0, 0.05) is 25.4 Å². The predicted molar refractivity (Wildman–Crippen MR) is 153 cm³/mol. The van der Waals surface area contributed by atoms with E-state index in [-0.39, 0.29) is 30.7 Å². The van der Waals surface area contributed by atoms with Crippen molar-refractivity contribution in [3.05, 3.63) is 29.7 Å². The van der Waals surface area contributed by atoms with E-state index in [4.69, 9.17) is 20.2 Å². The zero-order valence-electron chi connectivity index (χ0n) is 24.2. The number of hydrogen-bond donors (Lipinski definition) is 3. The zero-order chi connectivity index (χ0) is 28.9. The number of hydrogen-bond acceptors (Lipinski definition) is 10. The molecule has 4 heterocycles. The van der Waals surface area contributed by atoms with E-state index in [9.17, 15) is 9.90 Å². The molecule has 1 fully saturated rings. The molecule has 1 aliphatic heterocycles. The summed E-state index contributed by atoms with van der Waals surface area (Å²) in [6.07, 6.45) is 8.35. The van der Waals surface area contributed by atoms with Gasteiger partial charge < -0.3 is 30.5 Å². The molecular weight excluding hydrogens is 512 g/mol. The highest BCUT2D eigenvalue weighted by atomic mass is 16.6. The fraction of sp³-hybridized carbons (Fsp3) is 0.607. The topological polar surface area (TPSA) is 154 Å². The second-order valence-electron chi connectivity index (χ2n) is 11.2. The van der Waals surface area contributed by atoms with Gasteiger partial charge in [-0.3, -0.25) is 9.67 Å². The first-order chi connectivity index (χ1) is 19.1. The fourth-order valence-corrected chi connectivity index (χ4v) is 5.15. The van der Waals surface area contributed by atoms with Crippen LogP contribution in [0.1, 0.15) is 83.5 Å². The molecule has 4 N–H and O–H groups in total. The summed E-state index contributed by atoms with van der Waals surface area (Å²) in [4.78, 5) is 28.3. The summed E-state index contributed by atoms with van der Waals surface area (Å²) < 4.78 is 13.2. The Bertz CT molecular complexity index is 1300. The number of carbonyl (C=O) groups excluding carboxylic acids is 1. The van der Waals surface area contributed by atoms with E-state index in [2.05, 4.69) is 27.3 Å². The number of carbonyl (C=O) groups is 1. The van der Waals surface area contributed by atoms with Gasteiger partial charge in [-0.2, -0.15) is 10.1 Å². The summed E-state index contributed by atoms with van der Waals surface area (Å²) in [5, 5.41) is 17.5. The van der Waals surface area contributed by atoms with Gasteiger partial charge in [0.15, 0.2) is 5.82 Å². The van der Waals surface area contributed by atoms with E-state index < -0.39 is 5.60 Å². The average molecular weight is 555 g/mol. The molecule has 40 heavy (non-hydrogen) atoms. The Balaban J connectivity index is 1.63. The summed E-state index contributed by atoms with van der Waals surface area (Å²) in [7, 11) is 1.61. The molecule has 0 bridgehead atoms. The van der Waals surface area contributed by atoms with Crippen LogP contribution in [0.5, 0.6) is 5.75 Å². The van der Waals surface area contributed by atoms with E-state index >= 15 is 0 Å². The average Bonchev–Trinajstić information content (AvgIpc) is 3.30. The largest absolute Gasteiger partial charge is 0.495 e. The number of fused-ring (bicyclic) bond motifs is 1. The van der Waals surface area contributed by atoms with Crippen molar-refractivity contribution in [1.82, 2.24) is 29.6 Å². The summed E-state index contributed by atoms with van der Waals surface area (Å²) >= 11 is 0. The van der Waals surface area contributed by atoms with Crippen molar-refractivity contribution in [2.45, 2.75) is 90.4 Å². The standard InChI is InChI=1S/C28H42N8O4/c1-6-9-19(11-13-37)32-25-24-20(33-26(29)34-25)16-31-36(24)17-21-23(39-5)14-18(15-30-21)22-10-7-8-12-35(22)27(38)40-28(2,3)4/h14-16,19,22,37H,6-13,17H2,1-5H3,(H3,29,32,33,34). The van der Waals surface area contributed by atoms with E-state index in [1.54, 1.807) is 22.9 Å². The lowest BCUT2D eigenvalue weighted by molar-refractivity contribution is 0.00944. The minimum Gasteiger partial charge on any atom is -0.495 e. The predicted octanol–water partition coefficient (Wildman–Crippen LogP) is 4.29. The minimum absolute atomic E-state index is 0.0335. The van der Waals surface area contributed by atoms with Crippen LogP contribution in [-0.2, 0) is 11.3 Å². The van der Waals surface area contributed by atoms with E-state index in [1.165, 1.54) is 0 Å². The van der Waals surface area contributed by atoms with Crippen LogP contribution in [0.15, 0.2) is 18.5 Å². The van der Waals surface area contributed by atoms with Crippen LogP contribution in [0, 0.1) is 0 Å². The smallest absolute Gasteiger partial charge is 0.410 e. The molecule has 0 radical (unpaired) electrons. The second-order valence-corrected chi connectivity index (χ2v) is 11.2. The molecule has 3 aromatic heterocycles. The number of piperidine rings is 1. The molecule has 0 aliphatic carbocycles. The van der Waals surface area contributed by atoms with Gasteiger partial charge in [0.2, 0.25) is 5.95 Å². The zero-order valence-corrected chi connectivity index (χ0v) is 24.2. The van der Waals surface area contributed by atoms with Crippen molar-refractivity contribution < 1.29 is 19.4 Å². The number of pyridine rings is 1. The number of aromatic nitrogens is 5. The van der Waals surface area contributed by atoms with Gasteiger partial charge in [-0.15, -0.1) is 0 Å². The molecule has 1 saturated heterocycles. The molecular formula is C28H42N8O4. The van der Waals surface area contributed by atoms with E-state index in [0.29, 0.717) is 47.8 Å². The maximum absolute atomic E-state index is 13.0. The molecule has 12 heteroatoms. The quantitative estimate of drug-likeness (QED) is 0.331. The van der Waals surface area contributed by atoms with Crippen molar-refractivity contribution in [3.63, 3.8) is 0 Å². The molecule has 1 amide bonds. The monoisotopic (exact) mass is 554 g/mol. The summed E-state index contributed by atoms with van der Waals surface area (Å²) in [5.74, 6) is 1.32.